The van der Waals surface area contributed by atoms with Crippen LogP contribution in [0, 0.1) is 0 Å². The molecule has 1 aliphatic carbocycles. The zero-order valence-electron chi connectivity index (χ0n) is 10.9. The van der Waals surface area contributed by atoms with Gasteiger partial charge in [0.25, 0.3) is 0 Å². The maximum Gasteiger partial charge on any atom is 0.115 e. The van der Waals surface area contributed by atoms with Crippen molar-refractivity contribution in [3.05, 3.63) is 70.2 Å². The molecule has 0 heterocycles. The Hall–Kier alpha value is -1.31. The lowest BCUT2D eigenvalue weighted by Crippen LogP contribution is -2.32. The lowest BCUT2D eigenvalue weighted by Gasteiger charge is -2.37. The molecular formula is C17H17ClO. The van der Waals surface area contributed by atoms with E-state index in [1.807, 2.05) is 42.5 Å². The van der Waals surface area contributed by atoms with Crippen molar-refractivity contribution >= 4 is 11.6 Å². The molecule has 0 spiro atoms. The fourth-order valence-corrected chi connectivity index (χ4v) is 3.17. The Labute approximate surface area is 118 Å². The van der Waals surface area contributed by atoms with Gasteiger partial charge in [-0.1, -0.05) is 54.9 Å². The van der Waals surface area contributed by atoms with Crippen molar-refractivity contribution in [2.24, 2.45) is 0 Å². The average molecular weight is 273 g/mol. The highest BCUT2D eigenvalue weighted by Gasteiger charge is 2.37. The molecule has 3 rings (SSSR count). The molecule has 1 nitrogen and oxygen atoms in total. The second-order valence-corrected chi connectivity index (χ2v) is 5.83. The summed E-state index contributed by atoms with van der Waals surface area (Å²) in [6, 6.07) is 15.7. The third-order valence-corrected chi connectivity index (χ3v) is 4.45. The molecule has 1 N–H and O–H groups in total. The molecule has 0 amide bonds. The van der Waals surface area contributed by atoms with Crippen LogP contribution in [0.4, 0.5) is 0 Å². The van der Waals surface area contributed by atoms with E-state index < -0.39 is 5.60 Å². The van der Waals surface area contributed by atoms with Gasteiger partial charge < -0.3 is 5.11 Å². The van der Waals surface area contributed by atoms with E-state index in [1.54, 1.807) is 0 Å². The van der Waals surface area contributed by atoms with Crippen LogP contribution in [0.3, 0.4) is 0 Å². The molecule has 0 radical (unpaired) electrons. The van der Waals surface area contributed by atoms with E-state index in [0.717, 1.165) is 24.0 Å². The van der Waals surface area contributed by atoms with E-state index in [4.69, 9.17) is 11.6 Å². The molecule has 0 saturated heterocycles. The van der Waals surface area contributed by atoms with Crippen molar-refractivity contribution in [2.45, 2.75) is 31.3 Å². The lowest BCUT2D eigenvalue weighted by atomic mass is 9.71. The Morgan fingerprint density at radius 2 is 1.79 bits per heavy atom. The first-order chi connectivity index (χ1) is 9.11. The summed E-state index contributed by atoms with van der Waals surface area (Å²) in [7, 11) is 0. The van der Waals surface area contributed by atoms with E-state index in [2.05, 4.69) is 13.0 Å². The van der Waals surface area contributed by atoms with Gasteiger partial charge in [-0.25, -0.2) is 0 Å². The van der Waals surface area contributed by atoms with Gasteiger partial charge in [0, 0.05) is 5.02 Å². The fraction of sp³-hybridized carbons (Fsp3) is 0.294. The second-order valence-electron chi connectivity index (χ2n) is 5.39. The number of rotatable bonds is 1. The maximum absolute atomic E-state index is 11.2. The third kappa shape index (κ3) is 2.07. The van der Waals surface area contributed by atoms with E-state index in [-0.39, 0.29) is 0 Å². The number of halogens is 1. The smallest absolute Gasteiger partial charge is 0.115 e. The van der Waals surface area contributed by atoms with Gasteiger partial charge >= 0.3 is 0 Å². The molecule has 98 valence electrons. The van der Waals surface area contributed by atoms with Gasteiger partial charge in [-0.05, 0) is 47.6 Å². The van der Waals surface area contributed by atoms with Crippen LogP contribution in [0.5, 0.6) is 0 Å². The quantitative estimate of drug-likeness (QED) is 0.812. The lowest BCUT2D eigenvalue weighted by molar-refractivity contribution is 0.0579. The van der Waals surface area contributed by atoms with Crippen molar-refractivity contribution in [2.75, 3.05) is 0 Å². The van der Waals surface area contributed by atoms with Gasteiger partial charge in [0.15, 0.2) is 0 Å². The Bertz CT molecular complexity index is 590. The summed E-state index contributed by atoms with van der Waals surface area (Å²) in [5.74, 6) is 0.503. The molecule has 1 aliphatic rings. The van der Waals surface area contributed by atoms with Crippen LogP contribution in [0.2, 0.25) is 5.02 Å². The van der Waals surface area contributed by atoms with Crippen molar-refractivity contribution in [1.82, 2.24) is 0 Å². The van der Waals surface area contributed by atoms with E-state index in [9.17, 15) is 5.11 Å². The van der Waals surface area contributed by atoms with Gasteiger partial charge in [0.05, 0.1) is 0 Å². The summed E-state index contributed by atoms with van der Waals surface area (Å²) in [6.45, 7) is 2.22. The van der Waals surface area contributed by atoms with Gasteiger partial charge in [-0.3, -0.25) is 0 Å². The minimum absolute atomic E-state index is 0.503. The molecule has 0 saturated carbocycles. The predicted octanol–water partition coefficient (Wildman–Crippen LogP) is 4.47. The normalized spacial score (nSPS) is 25.9. The first-order valence-corrected chi connectivity index (χ1v) is 7.07. The van der Waals surface area contributed by atoms with Crippen LogP contribution in [0.25, 0.3) is 0 Å². The second kappa shape index (κ2) is 4.66. The van der Waals surface area contributed by atoms with E-state index >= 15 is 0 Å². The Morgan fingerprint density at radius 3 is 2.53 bits per heavy atom. The van der Waals surface area contributed by atoms with Crippen molar-refractivity contribution in [3.8, 4) is 0 Å². The van der Waals surface area contributed by atoms with E-state index in [1.165, 1.54) is 5.56 Å². The third-order valence-electron chi connectivity index (χ3n) is 4.20. The molecule has 0 aliphatic heterocycles. The monoisotopic (exact) mass is 272 g/mol. The molecule has 19 heavy (non-hydrogen) atoms. The summed E-state index contributed by atoms with van der Waals surface area (Å²) in [6.07, 6.45) is 1.75. The summed E-state index contributed by atoms with van der Waals surface area (Å²) < 4.78 is 0. The molecule has 2 atom stereocenters. The van der Waals surface area contributed by atoms with Crippen LogP contribution in [-0.2, 0) is 5.60 Å². The minimum Gasteiger partial charge on any atom is -0.380 e. The highest BCUT2D eigenvalue weighted by Crippen LogP contribution is 2.44. The Balaban J connectivity index is 2.15. The fourth-order valence-electron chi connectivity index (χ4n) is 3.04. The SMILES string of the molecule is CC1CCC(O)(c2ccc(Cl)cc2)c2ccccc21. The Morgan fingerprint density at radius 1 is 1.11 bits per heavy atom. The zero-order chi connectivity index (χ0) is 13.5. The molecule has 2 aromatic carbocycles. The highest BCUT2D eigenvalue weighted by molar-refractivity contribution is 6.30. The van der Waals surface area contributed by atoms with Crippen LogP contribution in [-0.4, -0.2) is 5.11 Å². The van der Waals surface area contributed by atoms with Gasteiger partial charge in [-0.15, -0.1) is 0 Å². The number of aliphatic hydroxyl groups is 1. The molecule has 0 bridgehead atoms. The topological polar surface area (TPSA) is 20.2 Å². The van der Waals surface area contributed by atoms with Crippen molar-refractivity contribution < 1.29 is 5.11 Å². The van der Waals surface area contributed by atoms with Crippen LogP contribution in [0.1, 0.15) is 42.4 Å². The van der Waals surface area contributed by atoms with Crippen LogP contribution in [0.15, 0.2) is 48.5 Å². The molecule has 2 unspecified atom stereocenters. The van der Waals surface area contributed by atoms with Crippen LogP contribution >= 0.6 is 11.6 Å². The summed E-state index contributed by atoms with van der Waals surface area (Å²) in [5, 5.41) is 11.9. The van der Waals surface area contributed by atoms with Gasteiger partial charge in [0.1, 0.15) is 5.60 Å². The van der Waals surface area contributed by atoms with Crippen LogP contribution < -0.4 is 0 Å². The van der Waals surface area contributed by atoms with Gasteiger partial charge in [0.2, 0.25) is 0 Å². The summed E-state index contributed by atoms with van der Waals surface area (Å²) in [4.78, 5) is 0. The molecule has 2 aromatic rings. The number of hydrogen-bond acceptors (Lipinski definition) is 1. The summed E-state index contributed by atoms with van der Waals surface area (Å²) in [5.41, 5.74) is 2.34. The van der Waals surface area contributed by atoms with Crippen molar-refractivity contribution in [1.29, 1.82) is 0 Å². The first kappa shape index (κ1) is 12.7. The molecule has 0 fully saturated rings. The minimum atomic E-state index is -0.881. The van der Waals surface area contributed by atoms with Crippen molar-refractivity contribution in [3.63, 3.8) is 0 Å². The zero-order valence-corrected chi connectivity index (χ0v) is 11.7. The number of fused-ring (bicyclic) bond motifs is 1. The standard InChI is InChI=1S/C17H17ClO/c1-12-10-11-17(19,13-6-8-14(18)9-7-13)16-5-3-2-4-15(12)16/h2-9,12,19H,10-11H2,1H3. The molecule has 2 heteroatoms. The number of benzene rings is 2. The largest absolute Gasteiger partial charge is 0.380 e. The predicted molar refractivity (Wildman–Crippen MR) is 78.5 cm³/mol. The maximum atomic E-state index is 11.2. The van der Waals surface area contributed by atoms with E-state index in [0.29, 0.717) is 10.9 Å². The molecule has 0 aromatic heterocycles. The van der Waals surface area contributed by atoms with Gasteiger partial charge in [-0.2, -0.15) is 0 Å². The first-order valence-electron chi connectivity index (χ1n) is 6.69. The average Bonchev–Trinajstić information content (AvgIpc) is 2.44. The summed E-state index contributed by atoms with van der Waals surface area (Å²) >= 11 is 5.94. The Kier molecular flexibility index (Phi) is 3.12. The highest BCUT2D eigenvalue weighted by atomic mass is 35.5. The molecular weight excluding hydrogens is 256 g/mol. The number of hydrogen-bond donors (Lipinski definition) is 1.